The molecule has 16 heavy (non-hydrogen) atoms. The molecule has 0 aliphatic heterocycles. The van der Waals surface area contributed by atoms with Crippen LogP contribution >= 0.6 is 0 Å². The molecule has 2 aromatic rings. The summed E-state index contributed by atoms with van der Waals surface area (Å²) in [5, 5.41) is 0. The fourth-order valence-electron chi connectivity index (χ4n) is 2.20. The minimum absolute atomic E-state index is 0.00482. The molecule has 0 aromatic carbocycles. The standard InChI is InChI=1S/C13H17N3/c1-8-3-6-11-12(9(2)14)15-13(10-4-5-10)16(11)7-8/h3,6-7,9-10H,4-5,14H2,1-2H3. The number of rotatable bonds is 2. The van der Waals surface area contributed by atoms with Crippen LogP contribution in [0.3, 0.4) is 0 Å². The molecule has 3 heteroatoms. The SMILES string of the molecule is Cc1ccc2c(C(C)N)nc(C3CC3)n2c1. The number of imidazole rings is 1. The number of pyridine rings is 1. The lowest BCUT2D eigenvalue weighted by Crippen LogP contribution is -2.05. The summed E-state index contributed by atoms with van der Waals surface area (Å²) < 4.78 is 2.23. The minimum atomic E-state index is 0.00482. The van der Waals surface area contributed by atoms with Crippen LogP contribution in [0.2, 0.25) is 0 Å². The van der Waals surface area contributed by atoms with Gasteiger partial charge in [0.15, 0.2) is 0 Å². The summed E-state index contributed by atoms with van der Waals surface area (Å²) in [6, 6.07) is 4.26. The quantitative estimate of drug-likeness (QED) is 0.836. The van der Waals surface area contributed by atoms with Crippen LogP contribution in [0, 0.1) is 6.92 Å². The Kier molecular flexibility index (Phi) is 2.04. The monoisotopic (exact) mass is 215 g/mol. The highest BCUT2D eigenvalue weighted by atomic mass is 15.0. The summed E-state index contributed by atoms with van der Waals surface area (Å²) in [6.45, 7) is 4.11. The van der Waals surface area contributed by atoms with Crippen LogP contribution < -0.4 is 5.73 Å². The Hall–Kier alpha value is -1.35. The third-order valence-electron chi connectivity index (χ3n) is 3.21. The maximum atomic E-state index is 5.98. The predicted octanol–water partition coefficient (Wildman–Crippen LogP) is 2.54. The summed E-state index contributed by atoms with van der Waals surface area (Å²) >= 11 is 0. The van der Waals surface area contributed by atoms with Crippen molar-refractivity contribution in [3.05, 3.63) is 35.4 Å². The van der Waals surface area contributed by atoms with E-state index in [-0.39, 0.29) is 6.04 Å². The van der Waals surface area contributed by atoms with Crippen molar-refractivity contribution in [3.63, 3.8) is 0 Å². The second-order valence-corrected chi connectivity index (χ2v) is 4.88. The molecule has 0 radical (unpaired) electrons. The number of aryl methyl sites for hydroxylation is 1. The minimum Gasteiger partial charge on any atom is -0.323 e. The van der Waals surface area contributed by atoms with E-state index in [1.165, 1.54) is 29.7 Å². The van der Waals surface area contributed by atoms with Crippen LogP contribution in [0.1, 0.15) is 48.8 Å². The molecule has 0 bridgehead atoms. The van der Waals surface area contributed by atoms with Gasteiger partial charge in [-0.1, -0.05) is 6.07 Å². The van der Waals surface area contributed by atoms with Gasteiger partial charge in [0, 0.05) is 18.2 Å². The van der Waals surface area contributed by atoms with E-state index in [0.29, 0.717) is 5.92 Å². The highest BCUT2D eigenvalue weighted by Crippen LogP contribution is 2.40. The first kappa shape index (κ1) is 9.85. The molecule has 1 fully saturated rings. The molecule has 2 heterocycles. The van der Waals surface area contributed by atoms with Gasteiger partial charge in [0.25, 0.3) is 0 Å². The molecule has 2 aromatic heterocycles. The average molecular weight is 215 g/mol. The second kappa shape index (κ2) is 3.32. The van der Waals surface area contributed by atoms with Gasteiger partial charge in [-0.2, -0.15) is 0 Å². The smallest absolute Gasteiger partial charge is 0.116 e. The Balaban J connectivity index is 2.28. The summed E-state index contributed by atoms with van der Waals surface area (Å²) in [5.41, 5.74) is 9.44. The molecule has 3 rings (SSSR count). The topological polar surface area (TPSA) is 43.3 Å². The highest BCUT2D eigenvalue weighted by Gasteiger charge is 2.29. The van der Waals surface area contributed by atoms with Gasteiger partial charge < -0.3 is 10.1 Å². The van der Waals surface area contributed by atoms with Gasteiger partial charge in [-0.25, -0.2) is 4.98 Å². The zero-order chi connectivity index (χ0) is 11.3. The van der Waals surface area contributed by atoms with Crippen molar-refractivity contribution in [2.24, 2.45) is 5.73 Å². The molecule has 1 saturated carbocycles. The number of fused-ring (bicyclic) bond motifs is 1. The van der Waals surface area contributed by atoms with Crippen LogP contribution in [0.4, 0.5) is 0 Å². The number of hydrogen-bond donors (Lipinski definition) is 1. The first-order valence-electron chi connectivity index (χ1n) is 5.91. The molecule has 0 spiro atoms. The van der Waals surface area contributed by atoms with E-state index in [2.05, 4.69) is 29.7 Å². The fraction of sp³-hybridized carbons (Fsp3) is 0.462. The Morgan fingerprint density at radius 2 is 2.19 bits per heavy atom. The van der Waals surface area contributed by atoms with Gasteiger partial charge in [0.2, 0.25) is 0 Å². The van der Waals surface area contributed by atoms with Crippen molar-refractivity contribution >= 4 is 5.52 Å². The Bertz CT molecular complexity index is 535. The van der Waals surface area contributed by atoms with E-state index >= 15 is 0 Å². The summed E-state index contributed by atoms with van der Waals surface area (Å²) in [5.74, 6) is 1.85. The molecule has 2 N–H and O–H groups in total. The molecular formula is C13H17N3. The van der Waals surface area contributed by atoms with Crippen molar-refractivity contribution in [2.45, 2.75) is 38.6 Å². The van der Waals surface area contributed by atoms with E-state index in [1.54, 1.807) is 0 Å². The molecule has 3 nitrogen and oxygen atoms in total. The lowest BCUT2D eigenvalue weighted by atomic mass is 10.2. The zero-order valence-corrected chi connectivity index (χ0v) is 9.77. The Morgan fingerprint density at radius 1 is 1.44 bits per heavy atom. The first-order chi connectivity index (χ1) is 7.66. The zero-order valence-electron chi connectivity index (χ0n) is 9.77. The lowest BCUT2D eigenvalue weighted by Gasteiger charge is -2.02. The summed E-state index contributed by atoms with van der Waals surface area (Å²) in [7, 11) is 0. The Labute approximate surface area is 95.3 Å². The predicted molar refractivity (Wildman–Crippen MR) is 64.5 cm³/mol. The number of nitrogens with two attached hydrogens (primary N) is 1. The molecule has 1 unspecified atom stereocenters. The number of aromatic nitrogens is 2. The van der Waals surface area contributed by atoms with E-state index in [0.717, 1.165) is 5.69 Å². The molecule has 84 valence electrons. The van der Waals surface area contributed by atoms with Crippen molar-refractivity contribution < 1.29 is 0 Å². The van der Waals surface area contributed by atoms with E-state index in [9.17, 15) is 0 Å². The van der Waals surface area contributed by atoms with Crippen LogP contribution in [0.5, 0.6) is 0 Å². The largest absolute Gasteiger partial charge is 0.323 e. The van der Waals surface area contributed by atoms with E-state index < -0.39 is 0 Å². The third kappa shape index (κ3) is 1.43. The first-order valence-corrected chi connectivity index (χ1v) is 5.91. The van der Waals surface area contributed by atoms with Crippen molar-refractivity contribution in [2.75, 3.05) is 0 Å². The molecule has 1 atom stereocenters. The van der Waals surface area contributed by atoms with E-state index in [4.69, 9.17) is 10.7 Å². The summed E-state index contributed by atoms with van der Waals surface area (Å²) in [4.78, 5) is 4.73. The van der Waals surface area contributed by atoms with Crippen molar-refractivity contribution in [1.29, 1.82) is 0 Å². The van der Waals surface area contributed by atoms with Crippen LogP contribution in [-0.4, -0.2) is 9.38 Å². The highest BCUT2D eigenvalue weighted by molar-refractivity contribution is 5.55. The maximum Gasteiger partial charge on any atom is 0.116 e. The molecular weight excluding hydrogens is 198 g/mol. The van der Waals surface area contributed by atoms with Gasteiger partial charge in [-0.15, -0.1) is 0 Å². The van der Waals surface area contributed by atoms with Crippen LogP contribution in [0.25, 0.3) is 5.52 Å². The fourth-order valence-corrected chi connectivity index (χ4v) is 2.20. The van der Waals surface area contributed by atoms with Crippen LogP contribution in [0.15, 0.2) is 18.3 Å². The van der Waals surface area contributed by atoms with Crippen molar-refractivity contribution in [1.82, 2.24) is 9.38 Å². The van der Waals surface area contributed by atoms with Crippen molar-refractivity contribution in [3.8, 4) is 0 Å². The number of hydrogen-bond acceptors (Lipinski definition) is 2. The summed E-state index contributed by atoms with van der Waals surface area (Å²) in [6.07, 6.45) is 4.71. The third-order valence-corrected chi connectivity index (χ3v) is 3.21. The average Bonchev–Trinajstić information content (AvgIpc) is 3.00. The van der Waals surface area contributed by atoms with Gasteiger partial charge in [0.1, 0.15) is 5.82 Å². The Morgan fingerprint density at radius 3 is 2.81 bits per heavy atom. The molecule has 1 aliphatic carbocycles. The maximum absolute atomic E-state index is 5.98. The van der Waals surface area contributed by atoms with E-state index in [1.807, 2.05) is 6.92 Å². The van der Waals surface area contributed by atoms with Gasteiger partial charge in [-0.3, -0.25) is 0 Å². The molecule has 0 saturated heterocycles. The van der Waals surface area contributed by atoms with Gasteiger partial charge in [-0.05, 0) is 38.3 Å². The normalized spacial score (nSPS) is 17.9. The number of nitrogens with zero attached hydrogens (tertiary/aromatic N) is 2. The second-order valence-electron chi connectivity index (χ2n) is 4.88. The molecule has 1 aliphatic rings. The van der Waals surface area contributed by atoms with Gasteiger partial charge >= 0.3 is 0 Å². The van der Waals surface area contributed by atoms with Gasteiger partial charge in [0.05, 0.1) is 11.2 Å². The molecule has 0 amide bonds. The lowest BCUT2D eigenvalue weighted by molar-refractivity contribution is 0.786. The van der Waals surface area contributed by atoms with Crippen LogP contribution in [-0.2, 0) is 0 Å².